The quantitative estimate of drug-likeness (QED) is 0.530. The van der Waals surface area contributed by atoms with E-state index in [-0.39, 0.29) is 22.5 Å². The molecule has 0 radical (unpaired) electrons. The zero-order valence-electron chi connectivity index (χ0n) is 13.2. The van der Waals surface area contributed by atoms with E-state index in [0.29, 0.717) is 6.07 Å². The summed E-state index contributed by atoms with van der Waals surface area (Å²) in [7, 11) is 0. The first-order valence-electron chi connectivity index (χ1n) is 7.29. The van der Waals surface area contributed by atoms with Crippen molar-refractivity contribution >= 4 is 11.9 Å². The number of H-pyrrole nitrogens is 1. The summed E-state index contributed by atoms with van der Waals surface area (Å²) in [6.07, 6.45) is -3.75. The zero-order valence-corrected chi connectivity index (χ0v) is 13.2. The Labute approximate surface area is 147 Å². The second-order valence-electron chi connectivity index (χ2n) is 5.24. The van der Waals surface area contributed by atoms with Gasteiger partial charge in [-0.25, -0.2) is 18.7 Å². The first-order chi connectivity index (χ1) is 12.7. The predicted octanol–water partition coefficient (Wildman–Crippen LogP) is 4.56. The van der Waals surface area contributed by atoms with Crippen LogP contribution in [-0.4, -0.2) is 17.7 Å². The minimum atomic E-state index is -4.82. The summed E-state index contributed by atoms with van der Waals surface area (Å²) in [5, 5.41) is 2.26. The summed E-state index contributed by atoms with van der Waals surface area (Å²) in [6.45, 7) is 0. The average Bonchev–Trinajstić information content (AvgIpc) is 2.93. The topological polar surface area (TPSA) is 67.6 Å². The molecule has 0 aliphatic rings. The van der Waals surface area contributed by atoms with Crippen LogP contribution in [0.1, 0.15) is 5.56 Å². The highest BCUT2D eigenvalue weighted by molar-refractivity contribution is 5.89. The molecule has 10 heteroatoms. The van der Waals surface area contributed by atoms with Crippen molar-refractivity contribution in [3.8, 4) is 17.0 Å². The van der Waals surface area contributed by atoms with Crippen molar-refractivity contribution in [2.45, 2.75) is 6.36 Å². The Kier molecular flexibility index (Phi) is 4.80. The fraction of sp³-hybridized carbons (Fsp3) is 0.0588. The van der Waals surface area contributed by atoms with E-state index in [1.54, 1.807) is 0 Å². The van der Waals surface area contributed by atoms with Crippen LogP contribution in [0.3, 0.4) is 0 Å². The first kappa shape index (κ1) is 18.4. The second kappa shape index (κ2) is 7.06. The van der Waals surface area contributed by atoms with Gasteiger partial charge in [-0.3, -0.25) is 4.99 Å². The number of nitrogens with one attached hydrogen (secondary N) is 1. The lowest BCUT2D eigenvalue weighted by atomic mass is 10.1. The number of nitrogens with zero attached hydrogens (tertiary/aromatic N) is 1. The molecule has 3 rings (SSSR count). The van der Waals surface area contributed by atoms with E-state index in [9.17, 15) is 26.7 Å². The van der Waals surface area contributed by atoms with E-state index in [1.807, 2.05) is 0 Å². The molecular weight excluding hydrogens is 375 g/mol. The molecule has 27 heavy (non-hydrogen) atoms. The summed E-state index contributed by atoms with van der Waals surface area (Å²) >= 11 is 0. The Morgan fingerprint density at radius 1 is 1.04 bits per heavy atom. The largest absolute Gasteiger partial charge is 0.573 e. The van der Waals surface area contributed by atoms with E-state index in [4.69, 9.17) is 0 Å². The molecule has 140 valence electrons. The molecule has 0 amide bonds. The van der Waals surface area contributed by atoms with Crippen LogP contribution < -0.4 is 10.4 Å². The van der Waals surface area contributed by atoms with Crippen molar-refractivity contribution in [2.75, 3.05) is 0 Å². The number of hydrogen-bond donors (Lipinski definition) is 1. The van der Waals surface area contributed by atoms with Gasteiger partial charge in [0.05, 0.1) is 11.4 Å². The van der Waals surface area contributed by atoms with Gasteiger partial charge < -0.3 is 9.26 Å². The number of alkyl halides is 3. The van der Waals surface area contributed by atoms with Crippen LogP contribution in [0.5, 0.6) is 5.75 Å². The van der Waals surface area contributed by atoms with Gasteiger partial charge in [-0.15, -0.1) is 13.2 Å². The number of hydrogen-bond acceptors (Lipinski definition) is 4. The molecule has 0 saturated heterocycles. The van der Waals surface area contributed by atoms with Crippen LogP contribution in [0.4, 0.5) is 27.6 Å². The Morgan fingerprint density at radius 3 is 2.26 bits per heavy atom. The van der Waals surface area contributed by atoms with Crippen molar-refractivity contribution in [2.24, 2.45) is 4.99 Å². The van der Waals surface area contributed by atoms with Crippen LogP contribution >= 0.6 is 0 Å². The molecule has 2 aromatic carbocycles. The highest BCUT2D eigenvalue weighted by Crippen LogP contribution is 2.25. The van der Waals surface area contributed by atoms with Crippen LogP contribution in [0.2, 0.25) is 0 Å². The maximum absolute atomic E-state index is 13.4. The lowest BCUT2D eigenvalue weighted by Gasteiger charge is -2.08. The number of aromatic nitrogens is 1. The minimum Gasteiger partial charge on any atom is -0.406 e. The predicted molar refractivity (Wildman–Crippen MR) is 85.1 cm³/mol. The monoisotopic (exact) mass is 384 g/mol. The molecule has 0 unspecified atom stereocenters. The average molecular weight is 384 g/mol. The summed E-state index contributed by atoms with van der Waals surface area (Å²) in [4.78, 5) is 15.7. The van der Waals surface area contributed by atoms with Gasteiger partial charge in [0.1, 0.15) is 22.9 Å². The smallest absolute Gasteiger partial charge is 0.406 e. The van der Waals surface area contributed by atoms with Gasteiger partial charge in [0.25, 0.3) is 0 Å². The summed E-state index contributed by atoms with van der Waals surface area (Å²) in [6, 6.07) is 7.20. The molecule has 3 aromatic rings. The molecule has 0 fully saturated rings. The SMILES string of the molecule is O=c1o[nH]c(-c2cc(F)cc(F)c2)c1C=Nc1ccc(OC(F)(F)F)cc1. The van der Waals surface area contributed by atoms with Crippen molar-refractivity contribution in [3.63, 3.8) is 0 Å². The lowest BCUT2D eigenvalue weighted by Crippen LogP contribution is -2.16. The van der Waals surface area contributed by atoms with Gasteiger partial charge in [-0.05, 0) is 36.4 Å². The normalized spacial score (nSPS) is 11.9. The fourth-order valence-electron chi connectivity index (χ4n) is 2.21. The molecule has 1 N–H and O–H groups in total. The van der Waals surface area contributed by atoms with Gasteiger partial charge >= 0.3 is 12.0 Å². The standard InChI is InChI=1S/C17H9F5N2O3/c18-10-5-9(6-11(19)7-10)15-14(16(25)27-24-15)8-23-12-1-3-13(4-2-12)26-17(20,21)22/h1-8,24H. The number of aromatic amines is 1. The molecule has 0 aliphatic carbocycles. The molecule has 0 saturated carbocycles. The van der Waals surface area contributed by atoms with Crippen LogP contribution in [0.15, 0.2) is 56.8 Å². The molecule has 0 aliphatic heterocycles. The maximum atomic E-state index is 13.4. The number of halogens is 5. The summed E-state index contributed by atoms with van der Waals surface area (Å²) < 4.78 is 71.5. The molecule has 0 atom stereocenters. The number of benzene rings is 2. The van der Waals surface area contributed by atoms with Gasteiger partial charge in [0.2, 0.25) is 0 Å². The third-order valence-electron chi connectivity index (χ3n) is 3.30. The Hall–Kier alpha value is -3.43. The van der Waals surface area contributed by atoms with Crippen molar-refractivity contribution < 1.29 is 31.2 Å². The van der Waals surface area contributed by atoms with Crippen LogP contribution in [0.25, 0.3) is 11.3 Å². The molecule has 1 aromatic heterocycles. The lowest BCUT2D eigenvalue weighted by molar-refractivity contribution is -0.274. The van der Waals surface area contributed by atoms with Gasteiger partial charge in [-0.2, -0.15) is 0 Å². The number of ether oxygens (including phenoxy) is 1. The van der Waals surface area contributed by atoms with Crippen LogP contribution in [-0.2, 0) is 0 Å². The Morgan fingerprint density at radius 2 is 1.67 bits per heavy atom. The Balaban J connectivity index is 1.88. The second-order valence-corrected chi connectivity index (χ2v) is 5.24. The van der Waals surface area contributed by atoms with Crippen LogP contribution in [0, 0.1) is 11.6 Å². The van der Waals surface area contributed by atoms with Crippen molar-refractivity contribution in [1.29, 1.82) is 0 Å². The number of aliphatic imine (C=N–C) groups is 1. The molecular formula is C17H9F5N2O3. The Bertz CT molecular complexity index is 1020. The molecule has 0 spiro atoms. The summed E-state index contributed by atoms with van der Waals surface area (Å²) in [5.74, 6) is -2.14. The maximum Gasteiger partial charge on any atom is 0.573 e. The third-order valence-corrected chi connectivity index (χ3v) is 3.30. The van der Waals surface area contributed by atoms with Crippen molar-refractivity contribution in [1.82, 2.24) is 5.16 Å². The highest BCUT2D eigenvalue weighted by Gasteiger charge is 2.30. The van der Waals surface area contributed by atoms with E-state index < -0.39 is 29.4 Å². The molecule has 5 nitrogen and oxygen atoms in total. The van der Waals surface area contributed by atoms with Gasteiger partial charge in [0.15, 0.2) is 0 Å². The van der Waals surface area contributed by atoms with E-state index in [1.165, 1.54) is 12.1 Å². The minimum absolute atomic E-state index is 0.000764. The van der Waals surface area contributed by atoms with E-state index in [0.717, 1.165) is 30.5 Å². The van der Waals surface area contributed by atoms with Gasteiger partial charge in [-0.1, -0.05) is 0 Å². The first-order valence-corrected chi connectivity index (χ1v) is 7.29. The molecule has 1 heterocycles. The van der Waals surface area contributed by atoms with E-state index in [2.05, 4.69) is 19.4 Å². The number of rotatable bonds is 4. The fourth-order valence-corrected chi connectivity index (χ4v) is 2.21. The third kappa shape index (κ3) is 4.60. The highest BCUT2D eigenvalue weighted by atomic mass is 19.4. The van der Waals surface area contributed by atoms with E-state index >= 15 is 0 Å². The molecule has 0 bridgehead atoms. The summed E-state index contributed by atoms with van der Waals surface area (Å²) in [5.41, 5.74) is -0.722. The van der Waals surface area contributed by atoms with Crippen molar-refractivity contribution in [3.05, 3.63) is 70.1 Å². The van der Waals surface area contributed by atoms with Gasteiger partial charge in [0, 0.05) is 17.8 Å². The zero-order chi connectivity index (χ0) is 19.6.